The lowest BCUT2D eigenvalue weighted by Crippen LogP contribution is -1.99. The van der Waals surface area contributed by atoms with Crippen LogP contribution < -0.4 is 5.32 Å². The topological polar surface area (TPSA) is 51.0 Å². The lowest BCUT2D eigenvalue weighted by molar-refractivity contribution is 0.252. The Morgan fingerprint density at radius 1 is 1.25 bits per heavy atom. The predicted octanol–water partition coefficient (Wildman–Crippen LogP) is 3.87. The number of halogens is 2. The first-order valence-electron chi connectivity index (χ1n) is 6.32. The third-order valence-corrected chi connectivity index (χ3v) is 3.65. The summed E-state index contributed by atoms with van der Waals surface area (Å²) in [6, 6.07) is 6.82. The number of alkyl halides is 2. The van der Waals surface area contributed by atoms with Crippen molar-refractivity contribution in [3.8, 4) is 0 Å². The first-order chi connectivity index (χ1) is 9.70. The number of aromatic nitrogens is 2. The zero-order valence-corrected chi connectivity index (χ0v) is 11.4. The molecule has 0 amide bonds. The maximum absolute atomic E-state index is 12.2. The van der Waals surface area contributed by atoms with Crippen LogP contribution in [0, 0.1) is 0 Å². The van der Waals surface area contributed by atoms with E-state index >= 15 is 0 Å². The molecule has 0 atom stereocenters. The molecule has 1 aromatic carbocycles. The van der Waals surface area contributed by atoms with Crippen LogP contribution in [0.15, 0.2) is 33.6 Å². The first kappa shape index (κ1) is 13.4. The number of hydrogen-bond acceptors (Lipinski definition) is 5. The van der Waals surface area contributed by atoms with E-state index in [1.807, 2.05) is 0 Å². The molecular weight excluding hydrogens is 284 g/mol. The van der Waals surface area contributed by atoms with Crippen LogP contribution in [-0.2, 0) is 6.54 Å². The summed E-state index contributed by atoms with van der Waals surface area (Å²) in [4.78, 5) is 0.541. The molecular formula is C13H13F2N3OS. The minimum atomic E-state index is -2.40. The number of nitrogens with zero attached hydrogens (tertiary/aromatic N) is 2. The molecule has 1 aliphatic rings. The monoisotopic (exact) mass is 297 g/mol. The van der Waals surface area contributed by atoms with Gasteiger partial charge in [-0.1, -0.05) is 11.8 Å². The number of anilines is 1. The van der Waals surface area contributed by atoms with Crippen molar-refractivity contribution in [2.24, 2.45) is 0 Å². The maximum atomic E-state index is 12.2. The Bertz CT molecular complexity index is 569. The van der Waals surface area contributed by atoms with Gasteiger partial charge in [0.25, 0.3) is 5.76 Å². The Kier molecular flexibility index (Phi) is 3.86. The van der Waals surface area contributed by atoms with Gasteiger partial charge in [0.05, 0.1) is 6.54 Å². The summed E-state index contributed by atoms with van der Waals surface area (Å²) in [6.07, 6.45) is 2.25. The Hall–Kier alpha value is -1.63. The highest BCUT2D eigenvalue weighted by Crippen LogP contribution is 2.39. The van der Waals surface area contributed by atoms with Gasteiger partial charge in [-0.25, -0.2) is 0 Å². The second-order valence-electron chi connectivity index (χ2n) is 4.56. The van der Waals surface area contributed by atoms with Gasteiger partial charge in [0.15, 0.2) is 0 Å². The minimum absolute atomic E-state index is 0.432. The van der Waals surface area contributed by atoms with Gasteiger partial charge >= 0.3 is 0 Å². The van der Waals surface area contributed by atoms with E-state index in [1.165, 1.54) is 0 Å². The summed E-state index contributed by atoms with van der Waals surface area (Å²) < 4.78 is 29.9. The van der Waals surface area contributed by atoms with Crippen molar-refractivity contribution in [1.29, 1.82) is 0 Å². The summed E-state index contributed by atoms with van der Waals surface area (Å²) in [5.41, 5.74) is 0.829. The molecule has 1 fully saturated rings. The third kappa shape index (κ3) is 3.47. The molecule has 3 rings (SSSR count). The van der Waals surface area contributed by atoms with Crippen molar-refractivity contribution >= 4 is 17.4 Å². The van der Waals surface area contributed by atoms with Gasteiger partial charge in [-0.2, -0.15) is 8.78 Å². The van der Waals surface area contributed by atoms with Crippen LogP contribution in [0.25, 0.3) is 0 Å². The van der Waals surface area contributed by atoms with E-state index in [4.69, 9.17) is 4.42 Å². The quantitative estimate of drug-likeness (QED) is 0.820. The number of nitrogens with one attached hydrogen (secondary N) is 1. The summed E-state index contributed by atoms with van der Waals surface area (Å²) in [6.45, 7) is 0.432. The molecule has 1 heterocycles. The second-order valence-corrected chi connectivity index (χ2v) is 5.63. The van der Waals surface area contributed by atoms with E-state index in [0.717, 1.165) is 18.5 Å². The molecule has 1 aromatic heterocycles. The van der Waals surface area contributed by atoms with Gasteiger partial charge in [0.1, 0.15) is 0 Å². The lowest BCUT2D eigenvalue weighted by atomic mass is 10.3. The predicted molar refractivity (Wildman–Crippen MR) is 71.9 cm³/mol. The minimum Gasteiger partial charge on any atom is -0.423 e. The molecule has 20 heavy (non-hydrogen) atoms. The summed E-state index contributed by atoms with van der Waals surface area (Å²) in [5, 5.41) is 11.1. The Labute approximate surface area is 119 Å². The Morgan fingerprint density at radius 3 is 2.65 bits per heavy atom. The molecule has 0 radical (unpaired) electrons. The smallest absolute Gasteiger partial charge is 0.288 e. The van der Waals surface area contributed by atoms with Gasteiger partial charge in [0, 0.05) is 16.5 Å². The highest BCUT2D eigenvalue weighted by atomic mass is 32.2. The average Bonchev–Trinajstić information content (AvgIpc) is 3.17. The van der Waals surface area contributed by atoms with Crippen molar-refractivity contribution in [3.63, 3.8) is 0 Å². The molecule has 1 N–H and O–H groups in total. The maximum Gasteiger partial charge on any atom is 0.288 e. The molecule has 7 heteroatoms. The standard InChI is InChI=1S/C13H13F2N3OS/c14-13(15)20-10-5-3-9(4-6-10)16-7-11-17-18-12(19-11)8-1-2-8/h3-6,8,13,16H,1-2,7H2. The van der Waals surface area contributed by atoms with Gasteiger partial charge in [-0.15, -0.1) is 10.2 Å². The van der Waals surface area contributed by atoms with Crippen molar-refractivity contribution in [2.75, 3.05) is 5.32 Å². The van der Waals surface area contributed by atoms with E-state index in [-0.39, 0.29) is 0 Å². The molecule has 2 aromatic rings. The van der Waals surface area contributed by atoms with Gasteiger partial charge in [-0.3, -0.25) is 0 Å². The van der Waals surface area contributed by atoms with Crippen LogP contribution in [0.4, 0.5) is 14.5 Å². The van der Waals surface area contributed by atoms with E-state index in [1.54, 1.807) is 24.3 Å². The van der Waals surface area contributed by atoms with E-state index in [9.17, 15) is 8.78 Å². The van der Waals surface area contributed by atoms with Gasteiger partial charge in [0.2, 0.25) is 11.8 Å². The second kappa shape index (κ2) is 5.78. The van der Waals surface area contributed by atoms with Crippen molar-refractivity contribution in [3.05, 3.63) is 36.0 Å². The normalized spacial score (nSPS) is 14.8. The van der Waals surface area contributed by atoms with E-state index < -0.39 is 5.76 Å². The number of rotatable bonds is 6. The molecule has 0 aliphatic heterocycles. The molecule has 0 unspecified atom stereocenters. The Morgan fingerprint density at radius 2 is 2.00 bits per heavy atom. The molecule has 0 bridgehead atoms. The fourth-order valence-electron chi connectivity index (χ4n) is 1.77. The van der Waals surface area contributed by atoms with Gasteiger partial charge < -0.3 is 9.73 Å². The number of thioether (sulfide) groups is 1. The highest BCUT2D eigenvalue weighted by molar-refractivity contribution is 7.99. The lowest BCUT2D eigenvalue weighted by Gasteiger charge is -2.05. The largest absolute Gasteiger partial charge is 0.423 e. The zero-order chi connectivity index (χ0) is 13.9. The third-order valence-electron chi connectivity index (χ3n) is 2.93. The molecule has 1 saturated carbocycles. The van der Waals surface area contributed by atoms with Crippen LogP contribution in [-0.4, -0.2) is 16.0 Å². The SMILES string of the molecule is FC(F)Sc1ccc(NCc2nnc(C3CC3)o2)cc1. The van der Waals surface area contributed by atoms with E-state index in [0.29, 0.717) is 40.9 Å². The summed E-state index contributed by atoms with van der Waals surface area (Å²) >= 11 is 0.533. The zero-order valence-electron chi connectivity index (χ0n) is 10.6. The van der Waals surface area contributed by atoms with Crippen LogP contribution in [0.5, 0.6) is 0 Å². The first-order valence-corrected chi connectivity index (χ1v) is 7.20. The molecule has 1 aliphatic carbocycles. The van der Waals surface area contributed by atoms with Crippen molar-refractivity contribution in [1.82, 2.24) is 10.2 Å². The summed E-state index contributed by atoms with van der Waals surface area (Å²) in [5.74, 6) is -0.696. The highest BCUT2D eigenvalue weighted by Gasteiger charge is 2.29. The van der Waals surface area contributed by atoms with Crippen LogP contribution in [0.3, 0.4) is 0 Å². The van der Waals surface area contributed by atoms with Gasteiger partial charge in [-0.05, 0) is 37.1 Å². The average molecular weight is 297 g/mol. The van der Waals surface area contributed by atoms with E-state index in [2.05, 4.69) is 15.5 Å². The fraction of sp³-hybridized carbons (Fsp3) is 0.385. The molecule has 0 spiro atoms. The fourth-order valence-corrected chi connectivity index (χ4v) is 2.26. The van der Waals surface area contributed by atoms with Crippen LogP contribution in [0.1, 0.15) is 30.5 Å². The number of benzene rings is 1. The van der Waals surface area contributed by atoms with Crippen molar-refractivity contribution in [2.45, 2.75) is 36.0 Å². The van der Waals surface area contributed by atoms with Crippen molar-refractivity contribution < 1.29 is 13.2 Å². The summed E-state index contributed by atoms with van der Waals surface area (Å²) in [7, 11) is 0. The molecule has 0 saturated heterocycles. The molecule has 4 nitrogen and oxygen atoms in total. The van der Waals surface area contributed by atoms with Crippen LogP contribution >= 0.6 is 11.8 Å². The number of hydrogen-bond donors (Lipinski definition) is 1. The molecule has 106 valence electrons. The van der Waals surface area contributed by atoms with Crippen LogP contribution in [0.2, 0.25) is 0 Å². The Balaban J connectivity index is 1.54.